The van der Waals surface area contributed by atoms with Gasteiger partial charge in [-0.2, -0.15) is 11.8 Å². The summed E-state index contributed by atoms with van der Waals surface area (Å²) in [6, 6.07) is -0.720. The van der Waals surface area contributed by atoms with Gasteiger partial charge in [0.2, 0.25) is 0 Å². The Morgan fingerprint density at radius 2 is 2.33 bits per heavy atom. The predicted molar refractivity (Wildman–Crippen MR) is 52.4 cm³/mol. The minimum Gasteiger partial charge on any atom is -0.480 e. The summed E-state index contributed by atoms with van der Waals surface area (Å²) >= 11 is 1.66. The maximum absolute atomic E-state index is 10.3. The van der Waals surface area contributed by atoms with E-state index in [2.05, 4.69) is 6.58 Å². The predicted octanol–water partition coefficient (Wildman–Crippen LogP) is 1.10. The lowest BCUT2D eigenvalue weighted by Crippen LogP contribution is -2.30. The molecule has 70 valence electrons. The van der Waals surface area contributed by atoms with Gasteiger partial charge in [0.15, 0.2) is 0 Å². The van der Waals surface area contributed by atoms with Gasteiger partial charge in [0, 0.05) is 5.75 Å². The van der Waals surface area contributed by atoms with Gasteiger partial charge < -0.3 is 10.8 Å². The van der Waals surface area contributed by atoms with E-state index in [4.69, 9.17) is 10.8 Å². The Morgan fingerprint density at radius 1 is 1.75 bits per heavy atom. The second-order valence-electron chi connectivity index (χ2n) is 2.74. The van der Waals surface area contributed by atoms with Crippen LogP contribution in [0.25, 0.3) is 0 Å². The van der Waals surface area contributed by atoms with Crippen molar-refractivity contribution < 1.29 is 9.90 Å². The molecule has 12 heavy (non-hydrogen) atoms. The lowest BCUT2D eigenvalue weighted by Gasteiger charge is -2.05. The Bertz CT molecular complexity index is 170. The standard InChI is InChI=1S/C8H15NO2S/c1-6(2)5-12-4-3-7(9)8(10)11/h7H,1,3-5,9H2,2H3,(H,10,11)/t7-/m0/s1. The van der Waals surface area contributed by atoms with Crippen LogP contribution in [0, 0.1) is 0 Å². The number of carbonyl (C=O) groups is 1. The summed E-state index contributed by atoms with van der Waals surface area (Å²) in [5.41, 5.74) is 6.40. The Morgan fingerprint density at radius 3 is 2.75 bits per heavy atom. The van der Waals surface area contributed by atoms with Crippen LogP contribution in [0.1, 0.15) is 13.3 Å². The molecular formula is C8H15NO2S. The summed E-state index contributed by atoms with van der Waals surface area (Å²) < 4.78 is 0. The van der Waals surface area contributed by atoms with E-state index < -0.39 is 12.0 Å². The first-order valence-corrected chi connectivity index (χ1v) is 4.90. The van der Waals surface area contributed by atoms with E-state index in [1.54, 1.807) is 11.8 Å². The first-order valence-electron chi connectivity index (χ1n) is 3.74. The highest BCUT2D eigenvalue weighted by Crippen LogP contribution is 2.07. The zero-order chi connectivity index (χ0) is 9.56. The highest BCUT2D eigenvalue weighted by atomic mass is 32.2. The van der Waals surface area contributed by atoms with Gasteiger partial charge >= 0.3 is 5.97 Å². The molecule has 0 aromatic heterocycles. The Balaban J connectivity index is 3.31. The van der Waals surface area contributed by atoms with Crippen molar-refractivity contribution >= 4 is 17.7 Å². The normalized spacial score (nSPS) is 12.5. The van der Waals surface area contributed by atoms with Gasteiger partial charge in [-0.05, 0) is 19.1 Å². The number of aliphatic carboxylic acids is 1. The van der Waals surface area contributed by atoms with Gasteiger partial charge in [0.25, 0.3) is 0 Å². The van der Waals surface area contributed by atoms with Crippen molar-refractivity contribution in [2.75, 3.05) is 11.5 Å². The number of thioether (sulfide) groups is 1. The van der Waals surface area contributed by atoms with E-state index in [9.17, 15) is 4.79 Å². The van der Waals surface area contributed by atoms with Crippen LogP contribution in [-0.4, -0.2) is 28.6 Å². The fourth-order valence-corrected chi connectivity index (χ4v) is 1.49. The molecule has 0 aliphatic rings. The molecule has 3 nitrogen and oxygen atoms in total. The largest absolute Gasteiger partial charge is 0.480 e. The zero-order valence-electron chi connectivity index (χ0n) is 7.25. The first kappa shape index (κ1) is 11.5. The molecule has 4 heteroatoms. The summed E-state index contributed by atoms with van der Waals surface area (Å²) in [5, 5.41) is 8.44. The third-order valence-corrected chi connectivity index (χ3v) is 2.46. The van der Waals surface area contributed by atoms with E-state index in [0.717, 1.165) is 17.1 Å². The molecule has 0 heterocycles. The van der Waals surface area contributed by atoms with Crippen LogP contribution in [0.5, 0.6) is 0 Å². The minimum atomic E-state index is -0.925. The molecule has 0 fully saturated rings. The SMILES string of the molecule is C=C(C)CSCC[C@H](N)C(=O)O. The summed E-state index contributed by atoms with van der Waals surface area (Å²) in [7, 11) is 0. The quantitative estimate of drug-likeness (QED) is 0.485. The Hall–Kier alpha value is -0.480. The number of rotatable bonds is 6. The molecule has 0 aromatic rings. The molecule has 0 aliphatic carbocycles. The van der Waals surface area contributed by atoms with Gasteiger partial charge in [-0.25, -0.2) is 0 Å². The molecule has 0 radical (unpaired) electrons. The molecule has 0 rings (SSSR count). The molecule has 0 aliphatic heterocycles. The summed E-state index contributed by atoms with van der Waals surface area (Å²) in [6.45, 7) is 5.69. The van der Waals surface area contributed by atoms with Gasteiger partial charge in [0.05, 0.1) is 0 Å². The minimum absolute atomic E-state index is 0.521. The van der Waals surface area contributed by atoms with Crippen LogP contribution in [0.15, 0.2) is 12.2 Å². The van der Waals surface area contributed by atoms with Crippen molar-refractivity contribution in [3.8, 4) is 0 Å². The highest BCUT2D eigenvalue weighted by molar-refractivity contribution is 7.99. The number of nitrogens with two attached hydrogens (primary N) is 1. The van der Waals surface area contributed by atoms with Crippen LogP contribution < -0.4 is 5.73 Å². The number of carboxylic acids is 1. The third-order valence-electron chi connectivity index (χ3n) is 1.24. The van der Waals surface area contributed by atoms with Crippen LogP contribution in [0.3, 0.4) is 0 Å². The summed E-state index contributed by atoms with van der Waals surface area (Å²) in [6.07, 6.45) is 0.521. The topological polar surface area (TPSA) is 63.3 Å². The summed E-state index contributed by atoms with van der Waals surface area (Å²) in [5.74, 6) is 0.734. The second kappa shape index (κ2) is 6.08. The van der Waals surface area contributed by atoms with Gasteiger partial charge in [0.1, 0.15) is 6.04 Å². The van der Waals surface area contributed by atoms with Gasteiger partial charge in [-0.3, -0.25) is 4.79 Å². The van der Waals surface area contributed by atoms with Crippen LogP contribution in [0.2, 0.25) is 0 Å². The lowest BCUT2D eigenvalue weighted by molar-refractivity contribution is -0.138. The van der Waals surface area contributed by atoms with Gasteiger partial charge in [-0.1, -0.05) is 12.2 Å². The molecule has 3 N–H and O–H groups in total. The van der Waals surface area contributed by atoms with Crippen molar-refractivity contribution in [3.05, 3.63) is 12.2 Å². The Labute approximate surface area is 77.0 Å². The van der Waals surface area contributed by atoms with Crippen LogP contribution >= 0.6 is 11.8 Å². The van der Waals surface area contributed by atoms with E-state index in [1.165, 1.54) is 0 Å². The zero-order valence-corrected chi connectivity index (χ0v) is 8.06. The van der Waals surface area contributed by atoms with E-state index in [-0.39, 0.29) is 0 Å². The molecule has 0 unspecified atom stereocenters. The van der Waals surface area contributed by atoms with Crippen molar-refractivity contribution in [1.82, 2.24) is 0 Å². The van der Waals surface area contributed by atoms with Gasteiger partial charge in [-0.15, -0.1) is 0 Å². The molecule has 0 saturated heterocycles. The number of hydrogen-bond acceptors (Lipinski definition) is 3. The molecule has 0 amide bonds. The van der Waals surface area contributed by atoms with E-state index in [1.807, 2.05) is 6.92 Å². The second-order valence-corrected chi connectivity index (χ2v) is 3.85. The maximum Gasteiger partial charge on any atom is 0.320 e. The van der Waals surface area contributed by atoms with Crippen molar-refractivity contribution in [2.45, 2.75) is 19.4 Å². The van der Waals surface area contributed by atoms with Crippen molar-refractivity contribution in [2.24, 2.45) is 5.73 Å². The van der Waals surface area contributed by atoms with Crippen molar-refractivity contribution in [3.63, 3.8) is 0 Å². The smallest absolute Gasteiger partial charge is 0.320 e. The number of carboxylic acid groups (broad SMARTS) is 1. The molecule has 0 bridgehead atoms. The molecule has 1 atom stereocenters. The molecule has 0 aromatic carbocycles. The van der Waals surface area contributed by atoms with Crippen molar-refractivity contribution in [1.29, 1.82) is 0 Å². The molecule has 0 saturated carbocycles. The maximum atomic E-state index is 10.3. The average molecular weight is 189 g/mol. The van der Waals surface area contributed by atoms with E-state index >= 15 is 0 Å². The van der Waals surface area contributed by atoms with Crippen LogP contribution in [-0.2, 0) is 4.79 Å². The fourth-order valence-electron chi connectivity index (χ4n) is 0.580. The monoisotopic (exact) mass is 189 g/mol. The molecular weight excluding hydrogens is 174 g/mol. The fraction of sp³-hybridized carbons (Fsp3) is 0.625. The Kier molecular flexibility index (Phi) is 5.84. The summed E-state index contributed by atoms with van der Waals surface area (Å²) in [4.78, 5) is 10.3. The number of hydrogen-bond donors (Lipinski definition) is 2. The molecule has 0 spiro atoms. The third kappa shape index (κ3) is 6.24. The first-order chi connectivity index (χ1) is 5.54. The lowest BCUT2D eigenvalue weighted by atomic mass is 10.2. The highest BCUT2D eigenvalue weighted by Gasteiger charge is 2.09. The average Bonchev–Trinajstić information content (AvgIpc) is 1.97. The van der Waals surface area contributed by atoms with E-state index in [0.29, 0.717) is 6.42 Å². The van der Waals surface area contributed by atoms with Crippen LogP contribution in [0.4, 0.5) is 0 Å².